The predicted octanol–water partition coefficient (Wildman–Crippen LogP) is 3.86. The highest BCUT2D eigenvalue weighted by atomic mass is 32.1. The van der Waals surface area contributed by atoms with Crippen molar-refractivity contribution in [1.82, 2.24) is 19.9 Å². The SMILES string of the molecule is N=Cc1cc(Nc2ncnc3sc4c(c23)CCC(C(=O)N2CCN(c3ccncc3)CC2)C4)ccc1N. The van der Waals surface area contributed by atoms with Crippen molar-refractivity contribution in [2.75, 3.05) is 42.1 Å². The largest absolute Gasteiger partial charge is 0.398 e. The number of nitrogens with one attached hydrogen (secondary N) is 2. The number of pyridine rings is 1. The number of rotatable bonds is 5. The van der Waals surface area contributed by atoms with Gasteiger partial charge in [-0.3, -0.25) is 9.78 Å². The monoisotopic (exact) mass is 512 g/mol. The zero-order valence-electron chi connectivity index (χ0n) is 20.4. The van der Waals surface area contributed by atoms with E-state index in [1.807, 2.05) is 41.6 Å². The minimum absolute atomic E-state index is 0.00431. The molecule has 4 heterocycles. The Balaban J connectivity index is 1.18. The Labute approximate surface area is 218 Å². The number of anilines is 4. The molecule has 3 aromatic heterocycles. The van der Waals surface area contributed by atoms with Gasteiger partial charge >= 0.3 is 0 Å². The summed E-state index contributed by atoms with van der Waals surface area (Å²) in [5, 5.41) is 12.0. The smallest absolute Gasteiger partial charge is 0.226 e. The third kappa shape index (κ3) is 4.48. The van der Waals surface area contributed by atoms with E-state index in [2.05, 4.69) is 25.2 Å². The number of nitrogens with zero attached hydrogens (tertiary/aromatic N) is 5. The minimum atomic E-state index is 0.00431. The van der Waals surface area contributed by atoms with E-state index in [9.17, 15) is 4.79 Å². The van der Waals surface area contributed by atoms with Crippen LogP contribution in [0.25, 0.3) is 10.2 Å². The third-order valence-electron chi connectivity index (χ3n) is 7.32. The molecule has 0 saturated carbocycles. The Hall–Kier alpha value is -4.05. The number of hydrogen-bond donors (Lipinski definition) is 3. The van der Waals surface area contributed by atoms with E-state index >= 15 is 0 Å². The molecule has 1 fully saturated rings. The van der Waals surface area contributed by atoms with Crippen LogP contribution in [0.4, 0.5) is 22.9 Å². The first-order valence-electron chi connectivity index (χ1n) is 12.5. The Morgan fingerprint density at radius 3 is 2.73 bits per heavy atom. The fraction of sp³-hybridized carbons (Fsp3) is 0.296. The van der Waals surface area contributed by atoms with Crippen molar-refractivity contribution in [2.45, 2.75) is 19.3 Å². The van der Waals surface area contributed by atoms with Gasteiger partial charge in [0.2, 0.25) is 5.91 Å². The first kappa shape index (κ1) is 23.4. The number of aryl methyl sites for hydroxylation is 1. The lowest BCUT2D eigenvalue weighted by Crippen LogP contribution is -2.51. The van der Waals surface area contributed by atoms with E-state index in [0.717, 1.165) is 72.9 Å². The number of aromatic nitrogens is 3. The topological polar surface area (TPSA) is 124 Å². The average molecular weight is 513 g/mol. The van der Waals surface area contributed by atoms with Gasteiger partial charge in [0.1, 0.15) is 17.0 Å². The highest BCUT2D eigenvalue weighted by Gasteiger charge is 2.33. The number of amides is 1. The van der Waals surface area contributed by atoms with Gasteiger partial charge in [0.15, 0.2) is 0 Å². The van der Waals surface area contributed by atoms with Crippen LogP contribution in [-0.2, 0) is 17.6 Å². The summed E-state index contributed by atoms with van der Waals surface area (Å²) < 4.78 is 0. The zero-order valence-corrected chi connectivity index (χ0v) is 21.2. The van der Waals surface area contributed by atoms with Crippen molar-refractivity contribution in [3.8, 4) is 0 Å². The second-order valence-electron chi connectivity index (χ2n) is 9.48. The molecular weight excluding hydrogens is 484 g/mol. The van der Waals surface area contributed by atoms with Crippen LogP contribution in [0.2, 0.25) is 0 Å². The van der Waals surface area contributed by atoms with Gasteiger partial charge in [-0.1, -0.05) is 0 Å². The molecule has 1 saturated heterocycles. The van der Waals surface area contributed by atoms with Crippen LogP contribution in [0, 0.1) is 11.3 Å². The van der Waals surface area contributed by atoms with Crippen molar-refractivity contribution in [3.05, 3.63) is 65.1 Å². The molecule has 0 radical (unpaired) electrons. The molecule has 10 heteroatoms. The first-order valence-corrected chi connectivity index (χ1v) is 13.3. The number of nitrogen functional groups attached to an aromatic ring is 1. The molecule has 0 bridgehead atoms. The first-order chi connectivity index (χ1) is 18.1. The van der Waals surface area contributed by atoms with Gasteiger partial charge in [0, 0.05) is 78.2 Å². The predicted molar refractivity (Wildman–Crippen MR) is 148 cm³/mol. The Kier molecular flexibility index (Phi) is 6.17. The highest BCUT2D eigenvalue weighted by Crippen LogP contribution is 2.41. The van der Waals surface area contributed by atoms with E-state index in [1.165, 1.54) is 16.7 Å². The normalized spacial score (nSPS) is 17.5. The van der Waals surface area contributed by atoms with E-state index in [0.29, 0.717) is 11.3 Å². The van der Waals surface area contributed by atoms with Gasteiger partial charge in [-0.2, -0.15) is 0 Å². The molecule has 6 rings (SSSR count). The summed E-state index contributed by atoms with van der Waals surface area (Å²) in [6, 6.07) is 9.56. The minimum Gasteiger partial charge on any atom is -0.398 e. The highest BCUT2D eigenvalue weighted by molar-refractivity contribution is 7.19. The summed E-state index contributed by atoms with van der Waals surface area (Å²) in [6.45, 7) is 3.17. The molecule has 0 spiro atoms. The number of carbonyl (C=O) groups is 1. The zero-order chi connectivity index (χ0) is 25.4. The van der Waals surface area contributed by atoms with Gasteiger partial charge in [0.25, 0.3) is 0 Å². The van der Waals surface area contributed by atoms with Crippen LogP contribution in [0.15, 0.2) is 49.1 Å². The molecule has 188 valence electrons. The lowest BCUT2D eigenvalue weighted by molar-refractivity contribution is -0.136. The number of benzene rings is 1. The van der Waals surface area contributed by atoms with Crippen molar-refractivity contribution < 1.29 is 4.79 Å². The van der Waals surface area contributed by atoms with E-state index in [1.54, 1.807) is 23.7 Å². The van der Waals surface area contributed by atoms with Crippen LogP contribution in [-0.4, -0.2) is 58.2 Å². The number of piperazine rings is 1. The van der Waals surface area contributed by atoms with Gasteiger partial charge in [-0.15, -0.1) is 11.3 Å². The van der Waals surface area contributed by atoms with Gasteiger partial charge in [-0.25, -0.2) is 9.97 Å². The van der Waals surface area contributed by atoms with Crippen molar-refractivity contribution in [1.29, 1.82) is 5.41 Å². The second-order valence-corrected chi connectivity index (χ2v) is 10.6. The summed E-state index contributed by atoms with van der Waals surface area (Å²) >= 11 is 1.67. The Morgan fingerprint density at radius 2 is 1.95 bits per heavy atom. The lowest BCUT2D eigenvalue weighted by atomic mass is 9.86. The summed E-state index contributed by atoms with van der Waals surface area (Å²) in [5.41, 5.74) is 10.4. The van der Waals surface area contributed by atoms with E-state index in [-0.39, 0.29) is 11.8 Å². The molecule has 1 amide bonds. The van der Waals surface area contributed by atoms with E-state index < -0.39 is 0 Å². The standard InChI is InChI=1S/C27H28N8OS/c28-15-18-13-19(2-4-22(18)29)33-25-24-21-3-1-17(14-23(21)37-26(24)32-16-31-25)27(36)35-11-9-34(10-12-35)20-5-7-30-8-6-20/h2,4-8,13,15-17,28H,1,3,9-12,14,29H2,(H,31,32,33). The van der Waals surface area contributed by atoms with Gasteiger partial charge < -0.3 is 26.3 Å². The van der Waals surface area contributed by atoms with Gasteiger partial charge in [0.05, 0.1) is 5.39 Å². The van der Waals surface area contributed by atoms with Crippen molar-refractivity contribution in [3.63, 3.8) is 0 Å². The molecule has 1 aliphatic carbocycles. The van der Waals surface area contributed by atoms with E-state index in [4.69, 9.17) is 11.1 Å². The fourth-order valence-electron chi connectivity index (χ4n) is 5.33. The van der Waals surface area contributed by atoms with Crippen LogP contribution >= 0.6 is 11.3 Å². The Bertz CT molecular complexity index is 1460. The lowest BCUT2D eigenvalue weighted by Gasteiger charge is -2.38. The molecule has 1 aliphatic heterocycles. The number of thiophene rings is 1. The summed E-state index contributed by atoms with van der Waals surface area (Å²) in [4.78, 5) is 33.1. The third-order valence-corrected chi connectivity index (χ3v) is 8.48. The van der Waals surface area contributed by atoms with Crippen molar-refractivity contribution in [2.24, 2.45) is 5.92 Å². The summed E-state index contributed by atoms with van der Waals surface area (Å²) in [5.74, 6) is 1.02. The number of carbonyl (C=O) groups excluding carboxylic acids is 1. The van der Waals surface area contributed by atoms with Crippen LogP contribution in [0.3, 0.4) is 0 Å². The fourth-order valence-corrected chi connectivity index (χ4v) is 6.60. The second kappa shape index (κ2) is 9.78. The molecule has 1 aromatic carbocycles. The molecule has 4 N–H and O–H groups in total. The number of nitrogens with two attached hydrogens (primary N) is 1. The van der Waals surface area contributed by atoms with Crippen LogP contribution < -0.4 is 16.0 Å². The molecule has 1 atom stereocenters. The van der Waals surface area contributed by atoms with Crippen LogP contribution in [0.5, 0.6) is 0 Å². The molecule has 4 aromatic rings. The molecule has 37 heavy (non-hydrogen) atoms. The number of hydrogen-bond acceptors (Lipinski definition) is 9. The molecule has 2 aliphatic rings. The van der Waals surface area contributed by atoms with Crippen LogP contribution in [0.1, 0.15) is 22.4 Å². The average Bonchev–Trinajstić information content (AvgIpc) is 3.33. The quantitative estimate of drug-likeness (QED) is 0.274. The summed E-state index contributed by atoms with van der Waals surface area (Å²) in [6.07, 6.45) is 8.86. The molecular formula is C27H28N8OS. The van der Waals surface area contributed by atoms with Gasteiger partial charge in [-0.05, 0) is 55.2 Å². The maximum Gasteiger partial charge on any atom is 0.226 e. The summed E-state index contributed by atoms with van der Waals surface area (Å²) in [7, 11) is 0. The maximum absolute atomic E-state index is 13.5. The molecule has 9 nitrogen and oxygen atoms in total. The maximum atomic E-state index is 13.5. The Morgan fingerprint density at radius 1 is 1.14 bits per heavy atom. The number of fused-ring (bicyclic) bond motifs is 3. The van der Waals surface area contributed by atoms with Crippen molar-refractivity contribution >= 4 is 56.6 Å². The molecule has 1 unspecified atom stereocenters.